The lowest BCUT2D eigenvalue weighted by Gasteiger charge is -2.24. The zero-order valence-corrected chi connectivity index (χ0v) is 11.1. The lowest BCUT2D eigenvalue weighted by molar-refractivity contribution is 0.250. The molecule has 0 aromatic heterocycles. The van der Waals surface area contributed by atoms with Crippen LogP contribution in [0.1, 0.15) is 18.9 Å². The Balaban J connectivity index is 2.49. The van der Waals surface area contributed by atoms with E-state index in [0.29, 0.717) is 6.04 Å². The minimum absolute atomic E-state index is 0.537. The van der Waals surface area contributed by atoms with Gasteiger partial charge in [0.15, 0.2) is 0 Å². The molecule has 2 N–H and O–H groups in total. The third-order valence-corrected chi connectivity index (χ3v) is 3.26. The van der Waals surface area contributed by atoms with Crippen LogP contribution in [0, 0.1) is 0 Å². The zero-order chi connectivity index (χ0) is 12.7. The molecule has 0 aliphatic rings. The van der Waals surface area contributed by atoms with E-state index in [1.165, 1.54) is 5.56 Å². The molecule has 0 saturated carbocycles. The number of nitrogens with two attached hydrogens (primary N) is 1. The molecular formula is C14H24N2O. The third-order valence-electron chi connectivity index (χ3n) is 3.26. The molecule has 0 amide bonds. The maximum absolute atomic E-state index is 5.57. The van der Waals surface area contributed by atoms with E-state index in [0.717, 1.165) is 31.7 Å². The van der Waals surface area contributed by atoms with Crippen LogP contribution in [0.4, 0.5) is 0 Å². The normalized spacial score (nSPS) is 12.8. The van der Waals surface area contributed by atoms with Crippen molar-refractivity contribution in [3.05, 3.63) is 29.8 Å². The number of hydrogen-bond donors (Lipinski definition) is 1. The molecule has 0 heterocycles. The Labute approximate surface area is 105 Å². The van der Waals surface area contributed by atoms with Crippen molar-refractivity contribution in [2.24, 2.45) is 5.73 Å². The molecule has 1 unspecified atom stereocenters. The van der Waals surface area contributed by atoms with Crippen molar-refractivity contribution >= 4 is 0 Å². The van der Waals surface area contributed by atoms with E-state index in [1.54, 1.807) is 7.11 Å². The first-order valence-corrected chi connectivity index (χ1v) is 6.21. The van der Waals surface area contributed by atoms with Gasteiger partial charge in [0.2, 0.25) is 0 Å². The Morgan fingerprint density at radius 3 is 2.71 bits per heavy atom. The Morgan fingerprint density at radius 2 is 2.06 bits per heavy atom. The van der Waals surface area contributed by atoms with Crippen LogP contribution < -0.4 is 10.5 Å². The summed E-state index contributed by atoms with van der Waals surface area (Å²) in [6.07, 6.45) is 2.05. The standard InChI is InChI=1S/C14H24N2O/c1-12(8-10-15)16(2)11-9-13-6-4-5-7-14(13)17-3/h4-7,12H,8-11,15H2,1-3H3. The smallest absolute Gasteiger partial charge is 0.122 e. The first-order chi connectivity index (χ1) is 8.19. The molecule has 0 aliphatic heterocycles. The maximum atomic E-state index is 5.57. The summed E-state index contributed by atoms with van der Waals surface area (Å²) < 4.78 is 5.35. The topological polar surface area (TPSA) is 38.5 Å². The van der Waals surface area contributed by atoms with Crippen LogP contribution in [0.5, 0.6) is 5.75 Å². The van der Waals surface area contributed by atoms with Gasteiger partial charge in [-0.15, -0.1) is 0 Å². The SMILES string of the molecule is COc1ccccc1CCN(C)C(C)CCN. The van der Waals surface area contributed by atoms with Crippen molar-refractivity contribution in [1.29, 1.82) is 0 Å². The predicted octanol–water partition coefficient (Wildman–Crippen LogP) is 1.91. The highest BCUT2D eigenvalue weighted by atomic mass is 16.5. The van der Waals surface area contributed by atoms with E-state index in [1.807, 2.05) is 12.1 Å². The monoisotopic (exact) mass is 236 g/mol. The summed E-state index contributed by atoms with van der Waals surface area (Å²) in [7, 11) is 3.87. The summed E-state index contributed by atoms with van der Waals surface area (Å²) in [6, 6.07) is 8.73. The van der Waals surface area contributed by atoms with Crippen LogP contribution in [-0.4, -0.2) is 38.2 Å². The predicted molar refractivity (Wildman–Crippen MR) is 72.5 cm³/mol. The van der Waals surface area contributed by atoms with E-state index in [9.17, 15) is 0 Å². The largest absolute Gasteiger partial charge is 0.496 e. The highest BCUT2D eigenvalue weighted by Crippen LogP contribution is 2.18. The third kappa shape index (κ3) is 4.36. The van der Waals surface area contributed by atoms with Gasteiger partial charge in [0.05, 0.1) is 7.11 Å². The molecule has 17 heavy (non-hydrogen) atoms. The molecule has 3 heteroatoms. The van der Waals surface area contributed by atoms with E-state index < -0.39 is 0 Å². The molecular weight excluding hydrogens is 212 g/mol. The van der Waals surface area contributed by atoms with Gasteiger partial charge in [-0.25, -0.2) is 0 Å². The highest BCUT2D eigenvalue weighted by molar-refractivity contribution is 5.33. The molecule has 0 aliphatic carbocycles. The second kappa shape index (κ2) is 7.30. The summed E-state index contributed by atoms with van der Waals surface area (Å²) in [6.45, 7) is 4.00. The van der Waals surface area contributed by atoms with Gasteiger partial charge < -0.3 is 15.4 Å². The zero-order valence-electron chi connectivity index (χ0n) is 11.1. The minimum atomic E-state index is 0.537. The van der Waals surface area contributed by atoms with Crippen molar-refractivity contribution in [2.75, 3.05) is 27.2 Å². The summed E-state index contributed by atoms with van der Waals surface area (Å²) in [5, 5.41) is 0. The van der Waals surface area contributed by atoms with Crippen LogP contribution in [0.2, 0.25) is 0 Å². The molecule has 0 bridgehead atoms. The van der Waals surface area contributed by atoms with Gasteiger partial charge >= 0.3 is 0 Å². The highest BCUT2D eigenvalue weighted by Gasteiger charge is 2.09. The van der Waals surface area contributed by atoms with Gasteiger partial charge in [0.1, 0.15) is 5.75 Å². The average molecular weight is 236 g/mol. The number of ether oxygens (including phenoxy) is 1. The fraction of sp³-hybridized carbons (Fsp3) is 0.571. The summed E-state index contributed by atoms with van der Waals surface area (Å²) in [5.41, 5.74) is 6.84. The van der Waals surface area contributed by atoms with E-state index in [4.69, 9.17) is 10.5 Å². The molecule has 0 saturated heterocycles. The molecule has 1 aromatic carbocycles. The van der Waals surface area contributed by atoms with Crippen LogP contribution >= 0.6 is 0 Å². The Morgan fingerprint density at radius 1 is 1.35 bits per heavy atom. The average Bonchev–Trinajstić information content (AvgIpc) is 2.36. The molecule has 0 radical (unpaired) electrons. The van der Waals surface area contributed by atoms with E-state index >= 15 is 0 Å². The van der Waals surface area contributed by atoms with Crippen molar-refractivity contribution in [1.82, 2.24) is 4.90 Å². The first-order valence-electron chi connectivity index (χ1n) is 6.21. The van der Waals surface area contributed by atoms with Crippen molar-refractivity contribution in [3.8, 4) is 5.75 Å². The molecule has 1 rings (SSSR count). The number of methoxy groups -OCH3 is 1. The maximum Gasteiger partial charge on any atom is 0.122 e. The second-order valence-electron chi connectivity index (χ2n) is 4.47. The van der Waals surface area contributed by atoms with E-state index in [2.05, 4.69) is 31.0 Å². The van der Waals surface area contributed by atoms with Crippen molar-refractivity contribution < 1.29 is 4.74 Å². The molecule has 96 valence electrons. The van der Waals surface area contributed by atoms with Gasteiger partial charge in [-0.1, -0.05) is 18.2 Å². The van der Waals surface area contributed by atoms with Gasteiger partial charge in [-0.3, -0.25) is 0 Å². The summed E-state index contributed by atoms with van der Waals surface area (Å²) >= 11 is 0. The molecule has 0 fully saturated rings. The first kappa shape index (κ1) is 14.0. The fourth-order valence-electron chi connectivity index (χ4n) is 1.89. The number of nitrogens with zero attached hydrogens (tertiary/aromatic N) is 1. The molecule has 1 aromatic rings. The number of likely N-dealkylation sites (N-methyl/N-ethyl adjacent to an activating group) is 1. The summed E-state index contributed by atoms with van der Waals surface area (Å²) in [4.78, 5) is 2.35. The van der Waals surface area contributed by atoms with Crippen molar-refractivity contribution in [2.45, 2.75) is 25.8 Å². The lowest BCUT2D eigenvalue weighted by Crippen LogP contribution is -2.32. The molecule has 3 nitrogen and oxygen atoms in total. The number of para-hydroxylation sites is 1. The summed E-state index contributed by atoms with van der Waals surface area (Å²) in [5.74, 6) is 0.979. The molecule has 1 atom stereocenters. The van der Waals surface area contributed by atoms with Gasteiger partial charge in [-0.05, 0) is 45.0 Å². The second-order valence-corrected chi connectivity index (χ2v) is 4.47. The number of rotatable bonds is 7. The Kier molecular flexibility index (Phi) is 6.01. The fourth-order valence-corrected chi connectivity index (χ4v) is 1.89. The number of benzene rings is 1. The van der Waals surface area contributed by atoms with Gasteiger partial charge in [-0.2, -0.15) is 0 Å². The quantitative estimate of drug-likeness (QED) is 0.786. The van der Waals surface area contributed by atoms with Crippen LogP contribution in [-0.2, 0) is 6.42 Å². The Hall–Kier alpha value is -1.06. The minimum Gasteiger partial charge on any atom is -0.496 e. The Bertz CT molecular complexity index is 328. The van der Waals surface area contributed by atoms with Gasteiger partial charge in [0.25, 0.3) is 0 Å². The van der Waals surface area contributed by atoms with Crippen molar-refractivity contribution in [3.63, 3.8) is 0 Å². The van der Waals surface area contributed by atoms with E-state index in [-0.39, 0.29) is 0 Å². The number of hydrogen-bond acceptors (Lipinski definition) is 3. The van der Waals surface area contributed by atoms with Crippen LogP contribution in [0.15, 0.2) is 24.3 Å². The molecule has 0 spiro atoms. The lowest BCUT2D eigenvalue weighted by atomic mass is 10.1. The van der Waals surface area contributed by atoms with Gasteiger partial charge in [0, 0.05) is 12.6 Å². The van der Waals surface area contributed by atoms with Crippen LogP contribution in [0.25, 0.3) is 0 Å². The van der Waals surface area contributed by atoms with Crippen LogP contribution in [0.3, 0.4) is 0 Å².